The maximum Gasteiger partial charge on any atom is 0.254 e. The van der Waals surface area contributed by atoms with Crippen molar-refractivity contribution in [2.75, 3.05) is 13.1 Å². The summed E-state index contributed by atoms with van der Waals surface area (Å²) >= 11 is 1.53. The first-order chi connectivity index (χ1) is 12.3. The van der Waals surface area contributed by atoms with E-state index in [0.29, 0.717) is 18.1 Å². The monoisotopic (exact) mass is 356 g/mol. The van der Waals surface area contributed by atoms with Crippen molar-refractivity contribution in [1.82, 2.24) is 29.9 Å². The molecule has 0 aliphatic carbocycles. The van der Waals surface area contributed by atoms with Gasteiger partial charge in [0.15, 0.2) is 0 Å². The number of likely N-dealkylation sites (tertiary alicyclic amines) is 1. The van der Waals surface area contributed by atoms with Crippen LogP contribution in [-0.2, 0) is 6.61 Å². The Hall–Kier alpha value is -2.81. The van der Waals surface area contributed by atoms with Gasteiger partial charge in [0.25, 0.3) is 5.91 Å². The molecule has 128 valence electrons. The Bertz CT molecular complexity index is 835. The van der Waals surface area contributed by atoms with Crippen LogP contribution in [0.2, 0.25) is 0 Å². The highest BCUT2D eigenvalue weighted by Gasteiger charge is 2.29. The Morgan fingerprint density at radius 3 is 3.16 bits per heavy atom. The molecule has 0 bridgehead atoms. The number of amides is 1. The molecule has 3 aromatic rings. The highest BCUT2D eigenvalue weighted by Crippen LogP contribution is 2.23. The fourth-order valence-corrected chi connectivity index (χ4v) is 3.41. The number of carbonyl (C=O) groups excluding carboxylic acids is 1. The van der Waals surface area contributed by atoms with Gasteiger partial charge in [-0.25, -0.2) is 9.67 Å². The molecule has 0 spiro atoms. The summed E-state index contributed by atoms with van der Waals surface area (Å²) in [5, 5.41) is 12.1. The lowest BCUT2D eigenvalue weighted by Crippen LogP contribution is -2.28. The van der Waals surface area contributed by atoms with E-state index in [4.69, 9.17) is 4.74 Å². The molecule has 0 saturated carbocycles. The molecule has 25 heavy (non-hydrogen) atoms. The fourth-order valence-electron chi connectivity index (χ4n) is 2.78. The molecule has 4 heterocycles. The topological polar surface area (TPSA) is 86.0 Å². The van der Waals surface area contributed by atoms with Crippen LogP contribution in [0.5, 0.6) is 5.88 Å². The van der Waals surface area contributed by atoms with Crippen LogP contribution >= 0.6 is 11.3 Å². The molecule has 1 unspecified atom stereocenters. The number of aromatic nitrogens is 5. The van der Waals surface area contributed by atoms with Crippen molar-refractivity contribution in [2.45, 2.75) is 19.1 Å². The summed E-state index contributed by atoms with van der Waals surface area (Å²) in [5.41, 5.74) is 1.47. The lowest BCUT2D eigenvalue weighted by atomic mass is 10.3. The summed E-state index contributed by atoms with van der Waals surface area (Å²) in [5.74, 6) is 0.528. The second-order valence-electron chi connectivity index (χ2n) is 5.73. The summed E-state index contributed by atoms with van der Waals surface area (Å²) in [6.45, 7) is 1.65. The van der Waals surface area contributed by atoms with E-state index in [1.807, 2.05) is 32.6 Å². The van der Waals surface area contributed by atoms with E-state index >= 15 is 0 Å². The Morgan fingerprint density at radius 1 is 1.40 bits per heavy atom. The molecule has 1 saturated heterocycles. The van der Waals surface area contributed by atoms with Gasteiger partial charge >= 0.3 is 0 Å². The predicted octanol–water partition coefficient (Wildman–Crippen LogP) is 1.80. The summed E-state index contributed by atoms with van der Waals surface area (Å²) in [6, 6.07) is 2.00. The van der Waals surface area contributed by atoms with Gasteiger partial charge < -0.3 is 9.64 Å². The maximum atomic E-state index is 12.4. The minimum atomic E-state index is 0.0788. The Labute approximate surface area is 148 Å². The lowest BCUT2D eigenvalue weighted by Gasteiger charge is -2.15. The standard InChI is InChI=1S/C16H16N6O2S/c23-16(12-2-6-25-11-12)21-5-1-14(9-21)22-8-13(19-20-22)10-24-15-7-17-3-4-18-15/h2-4,6-8,11,14H,1,5,9-10H2. The van der Waals surface area contributed by atoms with Crippen molar-refractivity contribution in [3.63, 3.8) is 0 Å². The van der Waals surface area contributed by atoms with Gasteiger partial charge in [-0.15, -0.1) is 5.10 Å². The van der Waals surface area contributed by atoms with E-state index in [2.05, 4.69) is 20.3 Å². The number of rotatable bonds is 5. The van der Waals surface area contributed by atoms with Gasteiger partial charge in [-0.2, -0.15) is 11.3 Å². The summed E-state index contributed by atoms with van der Waals surface area (Å²) < 4.78 is 7.34. The van der Waals surface area contributed by atoms with Crippen LogP contribution in [0.25, 0.3) is 0 Å². The first-order valence-corrected chi connectivity index (χ1v) is 8.85. The van der Waals surface area contributed by atoms with Gasteiger partial charge in [-0.1, -0.05) is 5.21 Å². The second-order valence-corrected chi connectivity index (χ2v) is 6.51. The van der Waals surface area contributed by atoms with E-state index in [-0.39, 0.29) is 18.6 Å². The zero-order valence-electron chi connectivity index (χ0n) is 13.4. The van der Waals surface area contributed by atoms with Crippen LogP contribution in [0.15, 0.2) is 41.6 Å². The molecule has 1 aliphatic heterocycles. The van der Waals surface area contributed by atoms with Crippen molar-refractivity contribution < 1.29 is 9.53 Å². The van der Waals surface area contributed by atoms with Gasteiger partial charge in [-0.3, -0.25) is 9.78 Å². The molecule has 8 nitrogen and oxygen atoms in total. The Kier molecular flexibility index (Phi) is 4.38. The third-order valence-corrected chi connectivity index (χ3v) is 4.74. The number of carbonyl (C=O) groups is 1. The van der Waals surface area contributed by atoms with Gasteiger partial charge in [0.2, 0.25) is 5.88 Å². The smallest absolute Gasteiger partial charge is 0.254 e. The SMILES string of the molecule is O=C(c1ccsc1)N1CCC(n2cc(COc3cnccn3)nn2)C1. The molecule has 0 radical (unpaired) electrons. The molecular formula is C16H16N6O2S. The zero-order valence-corrected chi connectivity index (χ0v) is 14.2. The largest absolute Gasteiger partial charge is 0.470 e. The first-order valence-electron chi connectivity index (χ1n) is 7.90. The van der Waals surface area contributed by atoms with Gasteiger partial charge in [-0.05, 0) is 17.9 Å². The molecular weight excluding hydrogens is 340 g/mol. The minimum absolute atomic E-state index is 0.0788. The molecule has 0 aromatic carbocycles. The maximum absolute atomic E-state index is 12.4. The number of ether oxygens (including phenoxy) is 1. The highest BCUT2D eigenvalue weighted by molar-refractivity contribution is 7.08. The predicted molar refractivity (Wildman–Crippen MR) is 90.3 cm³/mol. The average Bonchev–Trinajstić information content (AvgIpc) is 3.41. The number of hydrogen-bond acceptors (Lipinski definition) is 7. The van der Waals surface area contributed by atoms with E-state index in [0.717, 1.165) is 18.5 Å². The minimum Gasteiger partial charge on any atom is -0.470 e. The second kappa shape index (κ2) is 6.98. The van der Waals surface area contributed by atoms with Crippen molar-refractivity contribution in [1.29, 1.82) is 0 Å². The first kappa shape index (κ1) is 15.7. The normalized spacial score (nSPS) is 17.0. The Morgan fingerprint density at radius 2 is 2.36 bits per heavy atom. The number of thiophene rings is 1. The summed E-state index contributed by atoms with van der Waals surface area (Å²) in [7, 11) is 0. The van der Waals surface area contributed by atoms with Crippen LogP contribution in [0, 0.1) is 0 Å². The average molecular weight is 356 g/mol. The Balaban J connectivity index is 1.35. The van der Waals surface area contributed by atoms with Crippen LogP contribution in [0.1, 0.15) is 28.5 Å². The molecule has 3 aromatic heterocycles. The van der Waals surface area contributed by atoms with Crippen molar-refractivity contribution in [2.24, 2.45) is 0 Å². The quantitative estimate of drug-likeness (QED) is 0.693. The van der Waals surface area contributed by atoms with E-state index in [1.165, 1.54) is 11.3 Å². The molecule has 0 N–H and O–H groups in total. The van der Waals surface area contributed by atoms with Crippen molar-refractivity contribution in [3.8, 4) is 5.88 Å². The molecule has 1 amide bonds. The lowest BCUT2D eigenvalue weighted by molar-refractivity contribution is 0.0787. The summed E-state index contributed by atoms with van der Waals surface area (Å²) in [4.78, 5) is 22.3. The van der Waals surface area contributed by atoms with E-state index in [9.17, 15) is 4.79 Å². The highest BCUT2D eigenvalue weighted by atomic mass is 32.1. The fraction of sp³-hybridized carbons (Fsp3) is 0.312. The zero-order chi connectivity index (χ0) is 17.1. The van der Waals surface area contributed by atoms with Gasteiger partial charge in [0.05, 0.1) is 24.0 Å². The van der Waals surface area contributed by atoms with Crippen LogP contribution in [0.4, 0.5) is 0 Å². The van der Waals surface area contributed by atoms with Crippen LogP contribution in [-0.4, -0.2) is 48.9 Å². The van der Waals surface area contributed by atoms with E-state index < -0.39 is 0 Å². The summed E-state index contributed by atoms with van der Waals surface area (Å²) in [6.07, 6.45) is 7.44. The molecule has 4 rings (SSSR count). The van der Waals surface area contributed by atoms with E-state index in [1.54, 1.807) is 18.6 Å². The number of nitrogens with zero attached hydrogens (tertiary/aromatic N) is 6. The van der Waals surface area contributed by atoms with Crippen molar-refractivity contribution in [3.05, 3.63) is 52.9 Å². The third-order valence-electron chi connectivity index (χ3n) is 4.06. The van der Waals surface area contributed by atoms with Crippen LogP contribution < -0.4 is 4.74 Å². The van der Waals surface area contributed by atoms with Gasteiger partial charge in [0.1, 0.15) is 12.3 Å². The molecule has 9 heteroatoms. The molecule has 1 aliphatic rings. The van der Waals surface area contributed by atoms with Crippen molar-refractivity contribution >= 4 is 17.2 Å². The van der Waals surface area contributed by atoms with Gasteiger partial charge in [0, 0.05) is 30.9 Å². The molecule has 1 fully saturated rings. The number of hydrogen-bond donors (Lipinski definition) is 0. The third kappa shape index (κ3) is 3.50. The van der Waals surface area contributed by atoms with Crippen LogP contribution in [0.3, 0.4) is 0 Å². The molecule has 1 atom stereocenters.